The van der Waals surface area contributed by atoms with Crippen molar-refractivity contribution >= 4 is 17.1 Å². The van der Waals surface area contributed by atoms with Crippen LogP contribution in [0.2, 0.25) is 0 Å². The van der Waals surface area contributed by atoms with E-state index in [1.54, 1.807) is 12.1 Å². The average Bonchev–Trinajstić information content (AvgIpc) is 2.78. The van der Waals surface area contributed by atoms with Gasteiger partial charge in [-0.2, -0.15) is 15.6 Å². The summed E-state index contributed by atoms with van der Waals surface area (Å²) in [5.41, 5.74) is 4.57. The molecule has 20 heavy (non-hydrogen) atoms. The highest BCUT2D eigenvalue weighted by molar-refractivity contribution is 6.10. The van der Waals surface area contributed by atoms with Crippen LogP contribution in [0.15, 0.2) is 29.4 Å². The molecule has 102 valence electrons. The molecule has 0 aromatic heterocycles. The number of nitrogens with zero attached hydrogens (tertiary/aromatic N) is 4. The minimum absolute atomic E-state index is 0.171. The van der Waals surface area contributed by atoms with Crippen molar-refractivity contribution in [2.24, 2.45) is 5.10 Å². The molecule has 1 aliphatic heterocycles. The molecule has 1 aromatic rings. The van der Waals surface area contributed by atoms with Crippen LogP contribution >= 0.6 is 0 Å². The molecule has 0 spiro atoms. The SMILES string of the molecule is N#CC(C#N)=NNc1ccccc1N1CCCCCC1. The van der Waals surface area contributed by atoms with Gasteiger partial charge in [0.1, 0.15) is 12.1 Å². The molecule has 1 N–H and O–H groups in total. The molecule has 0 amide bonds. The largest absolute Gasteiger partial charge is 0.370 e. The van der Waals surface area contributed by atoms with Crippen molar-refractivity contribution in [2.45, 2.75) is 25.7 Å². The van der Waals surface area contributed by atoms with Gasteiger partial charge in [-0.3, -0.25) is 5.43 Å². The zero-order valence-electron chi connectivity index (χ0n) is 11.3. The van der Waals surface area contributed by atoms with Gasteiger partial charge in [0.2, 0.25) is 5.71 Å². The maximum Gasteiger partial charge on any atom is 0.237 e. The molecular formula is C15H17N5. The first-order valence-electron chi connectivity index (χ1n) is 6.83. The first kappa shape index (κ1) is 13.9. The Hall–Kier alpha value is -2.53. The van der Waals surface area contributed by atoms with Crippen molar-refractivity contribution < 1.29 is 0 Å². The molecule has 5 nitrogen and oxygen atoms in total. The van der Waals surface area contributed by atoms with E-state index in [-0.39, 0.29) is 5.71 Å². The van der Waals surface area contributed by atoms with Crippen molar-refractivity contribution in [1.82, 2.24) is 0 Å². The van der Waals surface area contributed by atoms with Gasteiger partial charge in [0.15, 0.2) is 0 Å². The summed E-state index contributed by atoms with van der Waals surface area (Å²) < 4.78 is 0. The fourth-order valence-electron chi connectivity index (χ4n) is 2.35. The number of benzene rings is 1. The zero-order valence-corrected chi connectivity index (χ0v) is 11.3. The molecule has 1 heterocycles. The van der Waals surface area contributed by atoms with Crippen LogP contribution in [0, 0.1) is 22.7 Å². The summed E-state index contributed by atoms with van der Waals surface area (Å²) >= 11 is 0. The van der Waals surface area contributed by atoms with E-state index in [4.69, 9.17) is 10.5 Å². The molecule has 0 bridgehead atoms. The number of nitriles is 2. The second kappa shape index (κ2) is 7.16. The molecule has 0 radical (unpaired) electrons. The van der Waals surface area contributed by atoms with Crippen LogP contribution < -0.4 is 10.3 Å². The van der Waals surface area contributed by atoms with Gasteiger partial charge in [-0.25, -0.2) is 0 Å². The monoisotopic (exact) mass is 267 g/mol. The fourth-order valence-corrected chi connectivity index (χ4v) is 2.35. The summed E-state index contributed by atoms with van der Waals surface area (Å²) in [6, 6.07) is 11.3. The lowest BCUT2D eigenvalue weighted by atomic mass is 10.2. The smallest absolute Gasteiger partial charge is 0.237 e. The summed E-state index contributed by atoms with van der Waals surface area (Å²) in [4.78, 5) is 2.34. The van der Waals surface area contributed by atoms with Gasteiger partial charge in [-0.05, 0) is 25.0 Å². The summed E-state index contributed by atoms with van der Waals surface area (Å²) in [6.07, 6.45) is 4.94. The predicted octanol–water partition coefficient (Wildman–Crippen LogP) is 2.88. The summed E-state index contributed by atoms with van der Waals surface area (Å²) in [5, 5.41) is 21.2. The number of anilines is 2. The molecule has 1 aromatic carbocycles. The Balaban J connectivity index is 2.20. The van der Waals surface area contributed by atoms with Gasteiger partial charge >= 0.3 is 0 Å². The van der Waals surface area contributed by atoms with Crippen molar-refractivity contribution in [3.8, 4) is 12.1 Å². The lowest BCUT2D eigenvalue weighted by molar-refractivity contribution is 0.726. The molecule has 0 saturated carbocycles. The van der Waals surface area contributed by atoms with Crippen molar-refractivity contribution in [1.29, 1.82) is 10.5 Å². The number of nitrogens with one attached hydrogen (secondary N) is 1. The van der Waals surface area contributed by atoms with E-state index in [1.807, 2.05) is 24.3 Å². The minimum Gasteiger partial charge on any atom is -0.370 e. The van der Waals surface area contributed by atoms with Crippen LogP contribution in [0.5, 0.6) is 0 Å². The van der Waals surface area contributed by atoms with E-state index in [1.165, 1.54) is 25.7 Å². The second-order valence-corrected chi connectivity index (χ2v) is 4.71. The fraction of sp³-hybridized carbons (Fsp3) is 0.400. The predicted molar refractivity (Wildman–Crippen MR) is 79.4 cm³/mol. The Kier molecular flexibility index (Phi) is 4.97. The molecule has 0 aliphatic carbocycles. The molecular weight excluding hydrogens is 250 g/mol. The summed E-state index contributed by atoms with van der Waals surface area (Å²) in [6.45, 7) is 2.07. The van der Waals surface area contributed by atoms with E-state index in [0.29, 0.717) is 0 Å². The highest BCUT2D eigenvalue weighted by Crippen LogP contribution is 2.27. The van der Waals surface area contributed by atoms with Crippen LogP contribution in [0.25, 0.3) is 0 Å². The first-order valence-corrected chi connectivity index (χ1v) is 6.83. The molecule has 1 saturated heterocycles. The lowest BCUT2D eigenvalue weighted by Gasteiger charge is -2.24. The van der Waals surface area contributed by atoms with Crippen molar-refractivity contribution in [3.05, 3.63) is 24.3 Å². The molecule has 1 fully saturated rings. The Labute approximate surface area is 119 Å². The van der Waals surface area contributed by atoms with Crippen LogP contribution in [-0.4, -0.2) is 18.8 Å². The Morgan fingerprint density at radius 3 is 2.35 bits per heavy atom. The number of hydrogen-bond donors (Lipinski definition) is 1. The van der Waals surface area contributed by atoms with Crippen LogP contribution in [0.1, 0.15) is 25.7 Å². The van der Waals surface area contributed by atoms with Crippen LogP contribution in [-0.2, 0) is 0 Å². The molecule has 0 unspecified atom stereocenters. The highest BCUT2D eigenvalue weighted by Gasteiger charge is 2.13. The number of rotatable bonds is 3. The van der Waals surface area contributed by atoms with Gasteiger partial charge in [0.25, 0.3) is 0 Å². The number of para-hydroxylation sites is 2. The van der Waals surface area contributed by atoms with Crippen LogP contribution in [0.4, 0.5) is 11.4 Å². The third-order valence-electron chi connectivity index (χ3n) is 3.35. The summed E-state index contributed by atoms with van der Waals surface area (Å²) in [5.74, 6) is 0. The van der Waals surface area contributed by atoms with Gasteiger partial charge in [0, 0.05) is 13.1 Å². The van der Waals surface area contributed by atoms with Crippen LogP contribution in [0.3, 0.4) is 0 Å². The van der Waals surface area contributed by atoms with Gasteiger partial charge < -0.3 is 4.90 Å². The zero-order chi connectivity index (χ0) is 14.2. The number of hydrogen-bond acceptors (Lipinski definition) is 5. The van der Waals surface area contributed by atoms with E-state index in [0.717, 1.165) is 24.5 Å². The molecule has 0 atom stereocenters. The Morgan fingerprint density at radius 1 is 1.05 bits per heavy atom. The standard InChI is InChI=1S/C15H17N5/c16-11-13(12-17)18-19-14-7-3-4-8-15(14)20-9-5-1-2-6-10-20/h3-4,7-8,19H,1-2,5-6,9-10H2. The highest BCUT2D eigenvalue weighted by atomic mass is 15.3. The van der Waals surface area contributed by atoms with Gasteiger partial charge in [-0.1, -0.05) is 25.0 Å². The third-order valence-corrected chi connectivity index (χ3v) is 3.35. The van der Waals surface area contributed by atoms with Crippen molar-refractivity contribution in [3.63, 3.8) is 0 Å². The quantitative estimate of drug-likeness (QED) is 0.675. The van der Waals surface area contributed by atoms with Crippen molar-refractivity contribution in [2.75, 3.05) is 23.4 Å². The normalized spacial score (nSPS) is 14.6. The maximum absolute atomic E-state index is 8.71. The number of hydrazone groups is 1. The molecule has 5 heteroatoms. The summed E-state index contributed by atoms with van der Waals surface area (Å²) in [7, 11) is 0. The van der Waals surface area contributed by atoms with E-state index in [9.17, 15) is 0 Å². The minimum atomic E-state index is -0.171. The second-order valence-electron chi connectivity index (χ2n) is 4.71. The molecule has 2 rings (SSSR count). The molecule has 1 aliphatic rings. The van der Waals surface area contributed by atoms with E-state index in [2.05, 4.69) is 15.4 Å². The third kappa shape index (κ3) is 3.49. The lowest BCUT2D eigenvalue weighted by Crippen LogP contribution is -2.24. The Morgan fingerprint density at radius 2 is 1.70 bits per heavy atom. The topological polar surface area (TPSA) is 75.2 Å². The Bertz CT molecular complexity index is 540. The average molecular weight is 267 g/mol. The van der Waals surface area contributed by atoms with E-state index < -0.39 is 0 Å². The first-order chi connectivity index (χ1) is 9.85. The van der Waals surface area contributed by atoms with Gasteiger partial charge in [0.05, 0.1) is 11.4 Å². The van der Waals surface area contributed by atoms with E-state index >= 15 is 0 Å². The maximum atomic E-state index is 8.71. The van der Waals surface area contributed by atoms with Gasteiger partial charge in [-0.15, -0.1) is 0 Å².